The maximum atomic E-state index is 10.5. The van der Waals surface area contributed by atoms with Crippen LogP contribution in [0.15, 0.2) is 0 Å². The van der Waals surface area contributed by atoms with Gasteiger partial charge in [-0.05, 0) is 31.7 Å². The number of carboxylic acid groups (broad SMARTS) is 1. The van der Waals surface area contributed by atoms with E-state index in [1.807, 2.05) is 0 Å². The summed E-state index contributed by atoms with van der Waals surface area (Å²) >= 11 is 0. The van der Waals surface area contributed by atoms with Crippen molar-refractivity contribution in [2.75, 3.05) is 13.1 Å². The highest BCUT2D eigenvalue weighted by Gasteiger charge is 2.28. The Labute approximate surface area is 92.5 Å². The molecule has 3 nitrogen and oxygen atoms in total. The molecule has 0 bridgehead atoms. The Bertz CT molecular complexity index is 206. The Kier molecular flexibility index (Phi) is 5.09. The minimum Gasteiger partial charge on any atom is -0.481 e. The van der Waals surface area contributed by atoms with Gasteiger partial charge in [0, 0.05) is 12.6 Å². The molecule has 0 aromatic carbocycles. The van der Waals surface area contributed by atoms with Crippen molar-refractivity contribution in [2.45, 2.75) is 52.0 Å². The third kappa shape index (κ3) is 3.82. The zero-order chi connectivity index (χ0) is 11.3. The van der Waals surface area contributed by atoms with Crippen molar-refractivity contribution in [1.82, 2.24) is 4.90 Å². The van der Waals surface area contributed by atoms with Crippen LogP contribution in [0.1, 0.15) is 46.0 Å². The van der Waals surface area contributed by atoms with Gasteiger partial charge < -0.3 is 5.11 Å². The minimum absolute atomic E-state index is 0.287. The number of hydrogen-bond donors (Lipinski definition) is 1. The maximum absolute atomic E-state index is 10.5. The monoisotopic (exact) mass is 213 g/mol. The summed E-state index contributed by atoms with van der Waals surface area (Å²) in [6, 6.07) is 0.629. The van der Waals surface area contributed by atoms with Crippen LogP contribution in [0.3, 0.4) is 0 Å². The molecule has 3 heteroatoms. The molecule has 0 aromatic rings. The summed E-state index contributed by atoms with van der Waals surface area (Å²) in [6.45, 7) is 6.33. The fourth-order valence-corrected chi connectivity index (χ4v) is 2.66. The summed E-state index contributed by atoms with van der Waals surface area (Å²) in [7, 11) is 0. The van der Waals surface area contributed by atoms with Crippen LogP contribution in [0, 0.1) is 5.92 Å². The Hall–Kier alpha value is -0.570. The van der Waals surface area contributed by atoms with E-state index < -0.39 is 5.97 Å². The topological polar surface area (TPSA) is 40.5 Å². The number of hydrogen-bond acceptors (Lipinski definition) is 2. The van der Waals surface area contributed by atoms with Gasteiger partial charge in [-0.1, -0.05) is 20.3 Å². The Morgan fingerprint density at radius 3 is 2.93 bits per heavy atom. The molecule has 0 aromatic heterocycles. The van der Waals surface area contributed by atoms with E-state index in [9.17, 15) is 4.79 Å². The van der Waals surface area contributed by atoms with Crippen LogP contribution < -0.4 is 0 Å². The number of carbonyl (C=O) groups is 1. The lowest BCUT2D eigenvalue weighted by Gasteiger charge is -2.28. The first-order valence-electron chi connectivity index (χ1n) is 6.11. The Morgan fingerprint density at radius 2 is 2.33 bits per heavy atom. The second-order valence-electron chi connectivity index (χ2n) is 4.66. The van der Waals surface area contributed by atoms with Gasteiger partial charge in [-0.15, -0.1) is 0 Å². The normalized spacial score (nSPS) is 24.3. The van der Waals surface area contributed by atoms with E-state index in [1.165, 1.54) is 25.7 Å². The second kappa shape index (κ2) is 6.11. The van der Waals surface area contributed by atoms with E-state index in [1.54, 1.807) is 0 Å². The zero-order valence-corrected chi connectivity index (χ0v) is 9.91. The molecule has 0 radical (unpaired) electrons. The standard InChI is InChI=1S/C12H23NO2/c1-3-5-10(2)11-6-4-8-13(11)9-7-12(14)15/h10-11H,3-9H2,1-2H3,(H,14,15)/t10-,11+/m1/s1. The predicted octanol–water partition coefficient (Wildman–Crippen LogP) is 2.36. The quantitative estimate of drug-likeness (QED) is 0.736. The lowest BCUT2D eigenvalue weighted by molar-refractivity contribution is -0.137. The van der Waals surface area contributed by atoms with Gasteiger partial charge >= 0.3 is 5.97 Å². The molecule has 0 aliphatic carbocycles. The van der Waals surface area contributed by atoms with E-state index >= 15 is 0 Å². The van der Waals surface area contributed by atoms with Crippen LogP contribution in [-0.4, -0.2) is 35.1 Å². The zero-order valence-electron chi connectivity index (χ0n) is 9.91. The van der Waals surface area contributed by atoms with Crippen LogP contribution in [-0.2, 0) is 4.79 Å². The highest BCUT2D eigenvalue weighted by Crippen LogP contribution is 2.26. The van der Waals surface area contributed by atoms with Crippen LogP contribution in [0.2, 0.25) is 0 Å². The molecule has 0 spiro atoms. The molecule has 1 rings (SSSR count). The number of rotatable bonds is 6. The maximum Gasteiger partial charge on any atom is 0.304 e. The minimum atomic E-state index is -0.677. The van der Waals surface area contributed by atoms with Crippen molar-refractivity contribution >= 4 is 5.97 Å². The number of aliphatic carboxylic acids is 1. The smallest absolute Gasteiger partial charge is 0.304 e. The first-order valence-corrected chi connectivity index (χ1v) is 6.11. The molecule has 2 atom stereocenters. The molecule has 0 unspecified atom stereocenters. The van der Waals surface area contributed by atoms with E-state index in [0.717, 1.165) is 13.1 Å². The van der Waals surface area contributed by atoms with Gasteiger partial charge in [0.15, 0.2) is 0 Å². The molecule has 1 aliphatic heterocycles. The average molecular weight is 213 g/mol. The number of nitrogens with zero attached hydrogens (tertiary/aromatic N) is 1. The summed E-state index contributed by atoms with van der Waals surface area (Å²) in [6.07, 6.45) is 5.26. The molecule has 1 saturated heterocycles. The van der Waals surface area contributed by atoms with Gasteiger partial charge in [-0.3, -0.25) is 9.69 Å². The van der Waals surface area contributed by atoms with Crippen molar-refractivity contribution in [3.8, 4) is 0 Å². The van der Waals surface area contributed by atoms with Crippen LogP contribution in [0.25, 0.3) is 0 Å². The van der Waals surface area contributed by atoms with Crippen molar-refractivity contribution in [2.24, 2.45) is 5.92 Å². The molecule has 1 aliphatic rings. The molecular formula is C12H23NO2. The highest BCUT2D eigenvalue weighted by molar-refractivity contribution is 5.66. The number of likely N-dealkylation sites (tertiary alicyclic amines) is 1. The first-order chi connectivity index (χ1) is 7.15. The van der Waals surface area contributed by atoms with Crippen LogP contribution in [0.5, 0.6) is 0 Å². The fraction of sp³-hybridized carbons (Fsp3) is 0.917. The second-order valence-corrected chi connectivity index (χ2v) is 4.66. The van der Waals surface area contributed by atoms with E-state index in [4.69, 9.17) is 5.11 Å². The largest absolute Gasteiger partial charge is 0.481 e. The molecule has 88 valence electrons. The lowest BCUT2D eigenvalue weighted by Crippen LogP contribution is -2.35. The highest BCUT2D eigenvalue weighted by atomic mass is 16.4. The summed E-state index contributed by atoms with van der Waals surface area (Å²) in [5.41, 5.74) is 0. The van der Waals surface area contributed by atoms with Crippen LogP contribution >= 0.6 is 0 Å². The molecule has 1 heterocycles. The molecule has 1 fully saturated rings. The molecule has 1 N–H and O–H groups in total. The Balaban J connectivity index is 2.38. The van der Waals surface area contributed by atoms with Gasteiger partial charge in [0.2, 0.25) is 0 Å². The average Bonchev–Trinajstić information content (AvgIpc) is 2.62. The van der Waals surface area contributed by atoms with Crippen molar-refractivity contribution in [3.05, 3.63) is 0 Å². The van der Waals surface area contributed by atoms with E-state index in [2.05, 4.69) is 18.7 Å². The van der Waals surface area contributed by atoms with Gasteiger partial charge in [-0.2, -0.15) is 0 Å². The SMILES string of the molecule is CCC[C@@H](C)[C@@H]1CCCN1CCC(=O)O. The van der Waals surface area contributed by atoms with E-state index in [-0.39, 0.29) is 6.42 Å². The van der Waals surface area contributed by atoms with Crippen LogP contribution in [0.4, 0.5) is 0 Å². The molecule has 15 heavy (non-hydrogen) atoms. The van der Waals surface area contributed by atoms with Gasteiger partial charge in [0.25, 0.3) is 0 Å². The predicted molar refractivity (Wildman–Crippen MR) is 60.9 cm³/mol. The number of carboxylic acids is 1. The Morgan fingerprint density at radius 1 is 1.60 bits per heavy atom. The van der Waals surface area contributed by atoms with Crippen molar-refractivity contribution in [1.29, 1.82) is 0 Å². The molecular weight excluding hydrogens is 190 g/mol. The van der Waals surface area contributed by atoms with Crippen molar-refractivity contribution < 1.29 is 9.90 Å². The van der Waals surface area contributed by atoms with Gasteiger partial charge in [-0.25, -0.2) is 0 Å². The van der Waals surface area contributed by atoms with Crippen molar-refractivity contribution in [3.63, 3.8) is 0 Å². The molecule has 0 saturated carbocycles. The summed E-state index contributed by atoms with van der Waals surface area (Å²) < 4.78 is 0. The summed E-state index contributed by atoms with van der Waals surface area (Å²) in [4.78, 5) is 12.9. The molecule has 0 amide bonds. The lowest BCUT2D eigenvalue weighted by atomic mass is 9.95. The van der Waals surface area contributed by atoms with Gasteiger partial charge in [0.1, 0.15) is 0 Å². The summed E-state index contributed by atoms with van der Waals surface area (Å²) in [5.74, 6) is 0.0371. The van der Waals surface area contributed by atoms with Gasteiger partial charge in [0.05, 0.1) is 6.42 Å². The third-order valence-corrected chi connectivity index (χ3v) is 3.43. The fourth-order valence-electron chi connectivity index (χ4n) is 2.66. The third-order valence-electron chi connectivity index (χ3n) is 3.43. The van der Waals surface area contributed by atoms with E-state index in [0.29, 0.717) is 12.0 Å². The first kappa shape index (κ1) is 12.5. The summed E-state index contributed by atoms with van der Waals surface area (Å²) in [5, 5.41) is 8.68.